The van der Waals surface area contributed by atoms with Crippen LogP contribution in [0.4, 0.5) is 5.69 Å². The fourth-order valence-electron chi connectivity index (χ4n) is 1.23. The molecule has 0 aliphatic rings. The number of hydrogen-bond acceptors (Lipinski definition) is 5. The van der Waals surface area contributed by atoms with Crippen molar-refractivity contribution < 1.29 is 4.92 Å². The Balaban J connectivity index is 2.57. The van der Waals surface area contributed by atoms with Crippen molar-refractivity contribution in [3.63, 3.8) is 0 Å². The van der Waals surface area contributed by atoms with Crippen molar-refractivity contribution in [3.05, 3.63) is 41.1 Å². The van der Waals surface area contributed by atoms with Crippen molar-refractivity contribution in [3.8, 4) is 0 Å². The maximum Gasteiger partial charge on any atom is 0.287 e. The SMILES string of the molecule is C=CC(SSc1ccc([N+](=O)[O-])cn1)C(C)CC. The quantitative estimate of drug-likeness (QED) is 0.323. The maximum absolute atomic E-state index is 10.5. The van der Waals surface area contributed by atoms with Crippen LogP contribution in [0.15, 0.2) is 36.0 Å². The van der Waals surface area contributed by atoms with Crippen LogP contribution in [-0.2, 0) is 0 Å². The molecule has 98 valence electrons. The zero-order valence-electron chi connectivity index (χ0n) is 10.4. The van der Waals surface area contributed by atoms with Crippen LogP contribution in [0, 0.1) is 16.0 Å². The highest BCUT2D eigenvalue weighted by atomic mass is 33.1. The zero-order valence-corrected chi connectivity index (χ0v) is 12.0. The Morgan fingerprint density at radius 1 is 1.61 bits per heavy atom. The monoisotopic (exact) mass is 284 g/mol. The normalized spacial score (nSPS) is 13.9. The molecule has 2 atom stereocenters. The van der Waals surface area contributed by atoms with Crippen molar-refractivity contribution in [1.29, 1.82) is 0 Å². The molecule has 1 heterocycles. The Morgan fingerprint density at radius 2 is 2.33 bits per heavy atom. The van der Waals surface area contributed by atoms with Gasteiger partial charge in [-0.3, -0.25) is 10.1 Å². The summed E-state index contributed by atoms with van der Waals surface area (Å²) >= 11 is 0. The minimum atomic E-state index is -0.444. The Bertz CT molecular complexity index is 409. The molecule has 1 aromatic heterocycles. The molecular weight excluding hydrogens is 268 g/mol. The van der Waals surface area contributed by atoms with Crippen LogP contribution in [0.3, 0.4) is 0 Å². The van der Waals surface area contributed by atoms with E-state index in [9.17, 15) is 10.1 Å². The predicted molar refractivity (Wildman–Crippen MR) is 77.8 cm³/mol. The van der Waals surface area contributed by atoms with Gasteiger partial charge in [0.1, 0.15) is 11.2 Å². The molecule has 0 bridgehead atoms. The lowest BCUT2D eigenvalue weighted by atomic mass is 10.1. The molecule has 1 rings (SSSR count). The van der Waals surface area contributed by atoms with Crippen LogP contribution >= 0.6 is 21.6 Å². The van der Waals surface area contributed by atoms with E-state index >= 15 is 0 Å². The van der Waals surface area contributed by atoms with E-state index in [0.717, 1.165) is 11.4 Å². The van der Waals surface area contributed by atoms with E-state index in [1.165, 1.54) is 23.1 Å². The molecule has 0 N–H and O–H groups in total. The molecule has 0 radical (unpaired) electrons. The largest absolute Gasteiger partial charge is 0.287 e. The molecule has 6 heteroatoms. The van der Waals surface area contributed by atoms with Gasteiger partial charge in [0.05, 0.1) is 4.92 Å². The average molecular weight is 284 g/mol. The number of nitrogens with zero attached hydrogens (tertiary/aromatic N) is 2. The van der Waals surface area contributed by atoms with Crippen LogP contribution in [0.5, 0.6) is 0 Å². The lowest BCUT2D eigenvalue weighted by Gasteiger charge is -2.17. The van der Waals surface area contributed by atoms with Gasteiger partial charge in [0.2, 0.25) is 0 Å². The van der Waals surface area contributed by atoms with E-state index in [-0.39, 0.29) is 5.69 Å². The van der Waals surface area contributed by atoms with E-state index in [0.29, 0.717) is 11.2 Å². The number of aromatic nitrogens is 1. The molecule has 0 saturated heterocycles. The van der Waals surface area contributed by atoms with Gasteiger partial charge in [-0.05, 0) is 22.8 Å². The summed E-state index contributed by atoms with van der Waals surface area (Å²) in [6, 6.07) is 3.15. The molecule has 0 aliphatic carbocycles. The van der Waals surface area contributed by atoms with Gasteiger partial charge in [-0.1, -0.05) is 37.1 Å². The van der Waals surface area contributed by atoms with Gasteiger partial charge < -0.3 is 0 Å². The van der Waals surface area contributed by atoms with Gasteiger partial charge >= 0.3 is 0 Å². The highest BCUT2D eigenvalue weighted by Gasteiger charge is 2.14. The fourth-order valence-corrected chi connectivity index (χ4v) is 3.85. The summed E-state index contributed by atoms with van der Waals surface area (Å²) in [6.45, 7) is 8.17. The Kier molecular flexibility index (Phi) is 6.21. The van der Waals surface area contributed by atoms with E-state index in [2.05, 4.69) is 25.4 Å². The minimum Gasteiger partial charge on any atom is -0.258 e. The van der Waals surface area contributed by atoms with Gasteiger partial charge in [0.25, 0.3) is 5.69 Å². The smallest absolute Gasteiger partial charge is 0.258 e. The fraction of sp³-hybridized carbons (Fsp3) is 0.417. The van der Waals surface area contributed by atoms with Crippen LogP contribution in [0.25, 0.3) is 0 Å². The number of nitro groups is 1. The Morgan fingerprint density at radius 3 is 2.78 bits per heavy atom. The predicted octanol–water partition coefficient (Wildman–Crippen LogP) is 4.33. The molecule has 0 aliphatic heterocycles. The standard InChI is InChI=1S/C12H16N2O2S2/c1-4-9(3)11(5-2)17-18-12-7-6-10(8-13-12)14(15)16/h5-9,11H,2,4H2,1,3H3. The third-order valence-electron chi connectivity index (χ3n) is 2.61. The summed E-state index contributed by atoms with van der Waals surface area (Å²) in [5, 5.41) is 11.6. The molecule has 0 fully saturated rings. The van der Waals surface area contributed by atoms with Crippen LogP contribution in [-0.4, -0.2) is 15.2 Å². The van der Waals surface area contributed by atoms with Crippen LogP contribution in [0.1, 0.15) is 20.3 Å². The topological polar surface area (TPSA) is 56.0 Å². The number of rotatable bonds is 7. The molecular formula is C12H16N2O2S2. The molecule has 0 spiro atoms. The lowest BCUT2D eigenvalue weighted by molar-refractivity contribution is -0.385. The summed E-state index contributed by atoms with van der Waals surface area (Å²) in [5.41, 5.74) is 0.0200. The second-order valence-electron chi connectivity index (χ2n) is 3.88. The molecule has 2 unspecified atom stereocenters. The maximum atomic E-state index is 10.5. The van der Waals surface area contributed by atoms with Crippen molar-refractivity contribution in [2.24, 2.45) is 5.92 Å². The van der Waals surface area contributed by atoms with E-state index in [1.807, 2.05) is 6.08 Å². The van der Waals surface area contributed by atoms with Gasteiger partial charge in [0, 0.05) is 11.3 Å². The lowest BCUT2D eigenvalue weighted by Crippen LogP contribution is -2.08. The first-order valence-corrected chi connectivity index (χ1v) is 7.86. The average Bonchev–Trinajstić information content (AvgIpc) is 2.39. The van der Waals surface area contributed by atoms with E-state index in [1.54, 1.807) is 16.9 Å². The first-order chi connectivity index (χ1) is 8.58. The first-order valence-electron chi connectivity index (χ1n) is 5.64. The zero-order chi connectivity index (χ0) is 13.5. The molecule has 18 heavy (non-hydrogen) atoms. The summed E-state index contributed by atoms with van der Waals surface area (Å²) in [6.07, 6.45) is 4.32. The van der Waals surface area contributed by atoms with Crippen molar-refractivity contribution in [2.45, 2.75) is 30.5 Å². The Hall–Kier alpha value is -1.01. The Labute approximate surface area is 115 Å². The molecule has 0 aromatic carbocycles. The second-order valence-corrected chi connectivity index (χ2v) is 6.28. The molecule has 4 nitrogen and oxygen atoms in total. The van der Waals surface area contributed by atoms with Crippen molar-refractivity contribution >= 4 is 27.3 Å². The van der Waals surface area contributed by atoms with E-state index in [4.69, 9.17) is 0 Å². The minimum absolute atomic E-state index is 0.0200. The van der Waals surface area contributed by atoms with Gasteiger partial charge in [0.15, 0.2) is 0 Å². The van der Waals surface area contributed by atoms with E-state index < -0.39 is 4.92 Å². The van der Waals surface area contributed by atoms with Gasteiger partial charge in [-0.25, -0.2) is 4.98 Å². The summed E-state index contributed by atoms with van der Waals surface area (Å²) in [5.74, 6) is 0.554. The third kappa shape index (κ3) is 4.34. The second kappa shape index (κ2) is 7.43. The highest BCUT2D eigenvalue weighted by Crippen LogP contribution is 2.37. The van der Waals surface area contributed by atoms with Crippen molar-refractivity contribution in [2.75, 3.05) is 0 Å². The summed E-state index contributed by atoms with van der Waals surface area (Å²) in [7, 11) is 3.22. The third-order valence-corrected chi connectivity index (χ3v) is 5.47. The van der Waals surface area contributed by atoms with Gasteiger partial charge in [-0.2, -0.15) is 0 Å². The first kappa shape index (κ1) is 15.0. The van der Waals surface area contributed by atoms with Crippen molar-refractivity contribution in [1.82, 2.24) is 4.98 Å². The molecule has 0 saturated carbocycles. The molecule has 1 aromatic rings. The van der Waals surface area contributed by atoms with Gasteiger partial charge in [-0.15, -0.1) is 6.58 Å². The number of pyridine rings is 1. The summed E-state index contributed by atoms with van der Waals surface area (Å²) < 4.78 is 0. The molecule has 0 amide bonds. The van der Waals surface area contributed by atoms with Crippen LogP contribution in [0.2, 0.25) is 0 Å². The summed E-state index contributed by atoms with van der Waals surface area (Å²) in [4.78, 5) is 14.1. The number of hydrogen-bond donors (Lipinski definition) is 0. The highest BCUT2D eigenvalue weighted by molar-refractivity contribution is 8.77. The van der Waals surface area contributed by atoms with Crippen LogP contribution < -0.4 is 0 Å².